The first-order chi connectivity index (χ1) is 12.7. The van der Waals surface area contributed by atoms with Gasteiger partial charge < -0.3 is 10.2 Å². The zero-order chi connectivity index (χ0) is 20.0. The number of anilines is 1. The van der Waals surface area contributed by atoms with Crippen LogP contribution in [-0.4, -0.2) is 23.3 Å². The fourth-order valence-electron chi connectivity index (χ4n) is 2.88. The van der Waals surface area contributed by atoms with Crippen LogP contribution in [0.4, 0.5) is 5.69 Å². The second-order valence-electron chi connectivity index (χ2n) is 7.63. The maximum Gasteiger partial charge on any atom is 0.226 e. The van der Waals surface area contributed by atoms with Crippen molar-refractivity contribution in [2.45, 2.75) is 46.1 Å². The van der Waals surface area contributed by atoms with Crippen LogP contribution in [0.3, 0.4) is 0 Å². The molecule has 0 spiro atoms. The van der Waals surface area contributed by atoms with Crippen molar-refractivity contribution < 1.29 is 9.59 Å². The number of rotatable bonds is 6. The number of benzene rings is 2. The van der Waals surface area contributed by atoms with Crippen LogP contribution < -0.4 is 5.32 Å². The number of amides is 2. The SMILES string of the molecule is CC(=O)N(CCC(=O)Nc1ccccc1C(C)(C)C)Cc1ccccc1Cl. The normalized spacial score (nSPS) is 11.1. The van der Waals surface area contributed by atoms with E-state index in [0.717, 1.165) is 16.8 Å². The molecule has 0 aliphatic heterocycles. The molecule has 2 aromatic carbocycles. The molecule has 4 nitrogen and oxygen atoms in total. The van der Waals surface area contributed by atoms with Crippen LogP contribution in [0.1, 0.15) is 45.2 Å². The summed E-state index contributed by atoms with van der Waals surface area (Å²) in [5.41, 5.74) is 2.69. The third kappa shape index (κ3) is 6.10. The van der Waals surface area contributed by atoms with Crippen molar-refractivity contribution >= 4 is 29.1 Å². The fraction of sp³-hybridized carbons (Fsp3) is 0.364. The molecule has 0 aliphatic carbocycles. The molecule has 0 radical (unpaired) electrons. The van der Waals surface area contributed by atoms with Gasteiger partial charge in [0.2, 0.25) is 11.8 Å². The maximum absolute atomic E-state index is 12.5. The molecule has 144 valence electrons. The Morgan fingerprint density at radius 1 is 1.04 bits per heavy atom. The predicted octanol–water partition coefficient (Wildman–Crippen LogP) is 5.01. The van der Waals surface area contributed by atoms with Crippen molar-refractivity contribution in [2.24, 2.45) is 0 Å². The second kappa shape index (κ2) is 9.05. The summed E-state index contributed by atoms with van der Waals surface area (Å²) in [4.78, 5) is 26.1. The van der Waals surface area contributed by atoms with Crippen molar-refractivity contribution in [1.29, 1.82) is 0 Å². The average Bonchev–Trinajstić information content (AvgIpc) is 2.59. The van der Waals surface area contributed by atoms with E-state index in [-0.39, 0.29) is 23.7 Å². The largest absolute Gasteiger partial charge is 0.338 e. The molecule has 0 saturated heterocycles. The van der Waals surface area contributed by atoms with E-state index in [9.17, 15) is 9.59 Å². The Kier molecular flexibility index (Phi) is 7.03. The summed E-state index contributed by atoms with van der Waals surface area (Å²) in [6, 6.07) is 15.2. The first-order valence-electron chi connectivity index (χ1n) is 9.07. The molecule has 0 atom stereocenters. The molecule has 0 unspecified atom stereocenters. The molecule has 27 heavy (non-hydrogen) atoms. The molecule has 5 heteroatoms. The minimum absolute atomic E-state index is 0.0701. The number of hydrogen-bond acceptors (Lipinski definition) is 2. The summed E-state index contributed by atoms with van der Waals surface area (Å²) >= 11 is 6.19. The van der Waals surface area contributed by atoms with Gasteiger partial charge in [-0.1, -0.05) is 68.8 Å². The van der Waals surface area contributed by atoms with E-state index >= 15 is 0 Å². The Morgan fingerprint density at radius 3 is 2.30 bits per heavy atom. The van der Waals surface area contributed by atoms with E-state index in [4.69, 9.17) is 11.6 Å². The van der Waals surface area contributed by atoms with Gasteiger partial charge in [-0.2, -0.15) is 0 Å². The van der Waals surface area contributed by atoms with Gasteiger partial charge in [0, 0.05) is 37.1 Å². The molecule has 0 bridgehead atoms. The van der Waals surface area contributed by atoms with Gasteiger partial charge in [0.1, 0.15) is 0 Å². The lowest BCUT2D eigenvalue weighted by Crippen LogP contribution is -2.32. The lowest BCUT2D eigenvalue weighted by Gasteiger charge is -2.24. The summed E-state index contributed by atoms with van der Waals surface area (Å²) in [5.74, 6) is -0.199. The molecule has 0 heterocycles. The van der Waals surface area contributed by atoms with Crippen molar-refractivity contribution in [2.75, 3.05) is 11.9 Å². The van der Waals surface area contributed by atoms with E-state index in [0.29, 0.717) is 18.1 Å². The van der Waals surface area contributed by atoms with E-state index in [2.05, 4.69) is 26.1 Å². The van der Waals surface area contributed by atoms with Crippen molar-refractivity contribution in [3.8, 4) is 0 Å². The summed E-state index contributed by atoms with van der Waals surface area (Å²) < 4.78 is 0. The molecule has 0 aromatic heterocycles. The van der Waals surface area contributed by atoms with Crippen LogP contribution in [0.2, 0.25) is 5.02 Å². The third-order valence-corrected chi connectivity index (χ3v) is 4.75. The van der Waals surface area contributed by atoms with Crippen LogP contribution in [0, 0.1) is 0 Å². The standard InChI is InChI=1S/C22H27ClN2O2/c1-16(26)25(15-17-9-5-7-11-19(17)23)14-13-21(27)24-20-12-8-6-10-18(20)22(2,3)4/h5-12H,13-15H2,1-4H3,(H,24,27). The van der Waals surface area contributed by atoms with Gasteiger partial charge in [-0.3, -0.25) is 9.59 Å². The monoisotopic (exact) mass is 386 g/mol. The first kappa shape index (κ1) is 21.0. The highest BCUT2D eigenvalue weighted by atomic mass is 35.5. The van der Waals surface area contributed by atoms with Gasteiger partial charge in [-0.15, -0.1) is 0 Å². The number of nitrogens with zero attached hydrogens (tertiary/aromatic N) is 1. The maximum atomic E-state index is 12.5. The van der Waals surface area contributed by atoms with Crippen molar-refractivity contribution in [1.82, 2.24) is 4.90 Å². The molecule has 0 fully saturated rings. The summed E-state index contributed by atoms with van der Waals surface area (Å²) in [7, 11) is 0. The van der Waals surface area contributed by atoms with Crippen LogP contribution in [-0.2, 0) is 21.5 Å². The van der Waals surface area contributed by atoms with Gasteiger partial charge in [0.05, 0.1) is 0 Å². The van der Waals surface area contributed by atoms with Gasteiger partial charge in [0.15, 0.2) is 0 Å². The summed E-state index contributed by atoms with van der Waals surface area (Å²) in [6.45, 7) is 8.56. The predicted molar refractivity (Wildman–Crippen MR) is 111 cm³/mol. The Morgan fingerprint density at radius 2 is 1.67 bits per heavy atom. The minimum Gasteiger partial charge on any atom is -0.338 e. The average molecular weight is 387 g/mol. The quantitative estimate of drug-likeness (QED) is 0.758. The number of para-hydroxylation sites is 1. The van der Waals surface area contributed by atoms with E-state index in [1.54, 1.807) is 11.0 Å². The molecular weight excluding hydrogens is 360 g/mol. The van der Waals surface area contributed by atoms with E-state index < -0.39 is 0 Å². The highest BCUT2D eigenvalue weighted by molar-refractivity contribution is 6.31. The summed E-state index contributed by atoms with van der Waals surface area (Å²) in [6.07, 6.45) is 0.225. The van der Waals surface area contributed by atoms with Crippen LogP contribution >= 0.6 is 11.6 Å². The Labute approximate surface area is 166 Å². The van der Waals surface area contributed by atoms with Crippen LogP contribution in [0.25, 0.3) is 0 Å². The zero-order valence-electron chi connectivity index (χ0n) is 16.4. The number of nitrogens with one attached hydrogen (secondary N) is 1. The highest BCUT2D eigenvalue weighted by Gasteiger charge is 2.19. The number of hydrogen-bond donors (Lipinski definition) is 1. The van der Waals surface area contributed by atoms with E-state index in [1.807, 2.05) is 42.5 Å². The molecular formula is C22H27ClN2O2. The molecule has 0 saturated carbocycles. The van der Waals surface area contributed by atoms with Crippen LogP contribution in [0.15, 0.2) is 48.5 Å². The molecule has 2 rings (SSSR count). The smallest absolute Gasteiger partial charge is 0.226 e. The van der Waals surface area contributed by atoms with Gasteiger partial charge in [-0.05, 0) is 28.7 Å². The van der Waals surface area contributed by atoms with E-state index in [1.165, 1.54) is 6.92 Å². The Hall–Kier alpha value is -2.33. The zero-order valence-corrected chi connectivity index (χ0v) is 17.1. The molecule has 0 aliphatic rings. The van der Waals surface area contributed by atoms with Gasteiger partial charge in [0.25, 0.3) is 0 Å². The second-order valence-corrected chi connectivity index (χ2v) is 8.03. The topological polar surface area (TPSA) is 49.4 Å². The summed E-state index contributed by atoms with van der Waals surface area (Å²) in [5, 5.41) is 3.60. The molecule has 2 amide bonds. The van der Waals surface area contributed by atoms with Gasteiger partial charge >= 0.3 is 0 Å². The van der Waals surface area contributed by atoms with Crippen molar-refractivity contribution in [3.63, 3.8) is 0 Å². The van der Waals surface area contributed by atoms with Crippen molar-refractivity contribution in [3.05, 3.63) is 64.7 Å². The van der Waals surface area contributed by atoms with Crippen LogP contribution in [0.5, 0.6) is 0 Å². The lowest BCUT2D eigenvalue weighted by atomic mass is 9.86. The lowest BCUT2D eigenvalue weighted by molar-refractivity contribution is -0.129. The molecule has 2 aromatic rings. The fourth-order valence-corrected chi connectivity index (χ4v) is 3.07. The highest BCUT2D eigenvalue weighted by Crippen LogP contribution is 2.29. The Bertz CT molecular complexity index is 812. The minimum atomic E-state index is -0.114. The number of carbonyl (C=O) groups excluding carboxylic acids is 2. The number of halogens is 1. The number of carbonyl (C=O) groups is 2. The first-order valence-corrected chi connectivity index (χ1v) is 9.44. The Balaban J connectivity index is 2.01. The van der Waals surface area contributed by atoms with Gasteiger partial charge in [-0.25, -0.2) is 0 Å². The third-order valence-electron chi connectivity index (χ3n) is 4.38. The molecule has 1 N–H and O–H groups in total.